The average molecular weight is 385 g/mol. The molecule has 0 aliphatic heterocycles. The number of rotatable bonds is 3. The van der Waals surface area contributed by atoms with Gasteiger partial charge in [-0.25, -0.2) is 9.37 Å². The van der Waals surface area contributed by atoms with Crippen LogP contribution in [0.5, 0.6) is 0 Å². The summed E-state index contributed by atoms with van der Waals surface area (Å²) in [6, 6.07) is 13.8. The molecule has 0 unspecified atom stereocenters. The van der Waals surface area contributed by atoms with E-state index in [-0.39, 0.29) is 11.7 Å². The summed E-state index contributed by atoms with van der Waals surface area (Å²) in [5.74, 6) is -0.485. The summed E-state index contributed by atoms with van der Waals surface area (Å²) in [6.45, 7) is 2.35. The fourth-order valence-corrected chi connectivity index (χ4v) is 4.22. The predicted molar refractivity (Wildman–Crippen MR) is 104 cm³/mol. The number of pyridine rings is 1. The molecular weight excluding hydrogens is 371 g/mol. The number of aryl methyl sites for hydroxylation is 1. The van der Waals surface area contributed by atoms with Crippen LogP contribution in [0.2, 0.25) is 5.15 Å². The molecule has 6 heteroatoms. The Kier molecular flexibility index (Phi) is 4.34. The Morgan fingerprint density at radius 3 is 2.69 bits per heavy atom. The molecule has 0 atom stereocenters. The van der Waals surface area contributed by atoms with Crippen molar-refractivity contribution in [3.05, 3.63) is 75.5 Å². The fourth-order valence-electron chi connectivity index (χ4n) is 2.82. The van der Waals surface area contributed by atoms with Gasteiger partial charge in [-0.15, -0.1) is 11.3 Å². The molecule has 2 aromatic heterocycles. The van der Waals surface area contributed by atoms with Gasteiger partial charge in [0, 0.05) is 22.0 Å². The van der Waals surface area contributed by atoms with E-state index in [1.807, 2.05) is 19.1 Å². The third kappa shape index (κ3) is 3.16. The lowest BCUT2D eigenvalue weighted by Crippen LogP contribution is -2.21. The number of thiophene rings is 1. The quantitative estimate of drug-likeness (QED) is 0.475. The van der Waals surface area contributed by atoms with Gasteiger partial charge in [0.15, 0.2) is 0 Å². The molecule has 0 bridgehead atoms. The SMILES string of the molecule is Cc1ccc2nc(Cl)c3cc(C(=O)NCc4ccc(F)cc4)sc3c2c1. The Bertz CT molecular complexity index is 1140. The molecule has 1 amide bonds. The first-order chi connectivity index (χ1) is 12.5. The van der Waals surface area contributed by atoms with Crippen molar-refractivity contribution < 1.29 is 9.18 Å². The van der Waals surface area contributed by atoms with E-state index in [0.717, 1.165) is 32.1 Å². The van der Waals surface area contributed by atoms with E-state index in [0.29, 0.717) is 16.6 Å². The summed E-state index contributed by atoms with van der Waals surface area (Å²) < 4.78 is 13.9. The Hall–Kier alpha value is -2.50. The molecule has 1 N–H and O–H groups in total. The Balaban J connectivity index is 1.67. The van der Waals surface area contributed by atoms with Gasteiger partial charge in [0.25, 0.3) is 5.91 Å². The normalized spacial score (nSPS) is 11.2. The monoisotopic (exact) mass is 384 g/mol. The van der Waals surface area contributed by atoms with Crippen molar-refractivity contribution in [3.63, 3.8) is 0 Å². The van der Waals surface area contributed by atoms with Gasteiger partial charge in [0.05, 0.1) is 10.4 Å². The molecule has 130 valence electrons. The van der Waals surface area contributed by atoms with Crippen molar-refractivity contribution in [2.24, 2.45) is 0 Å². The topological polar surface area (TPSA) is 42.0 Å². The third-order valence-corrected chi connectivity index (χ3v) is 5.61. The molecule has 26 heavy (non-hydrogen) atoms. The number of amides is 1. The first-order valence-corrected chi connectivity index (χ1v) is 9.23. The molecule has 0 spiro atoms. The highest BCUT2D eigenvalue weighted by Crippen LogP contribution is 2.36. The van der Waals surface area contributed by atoms with Crippen LogP contribution in [-0.2, 0) is 6.54 Å². The second-order valence-corrected chi connectivity index (χ2v) is 7.50. The van der Waals surface area contributed by atoms with E-state index in [2.05, 4.69) is 16.4 Å². The maximum absolute atomic E-state index is 13.0. The Morgan fingerprint density at radius 1 is 1.15 bits per heavy atom. The van der Waals surface area contributed by atoms with Crippen molar-refractivity contribution in [1.29, 1.82) is 0 Å². The van der Waals surface area contributed by atoms with Crippen LogP contribution in [-0.4, -0.2) is 10.9 Å². The Morgan fingerprint density at radius 2 is 1.92 bits per heavy atom. The van der Waals surface area contributed by atoms with Crippen LogP contribution in [0.3, 0.4) is 0 Å². The highest BCUT2D eigenvalue weighted by Gasteiger charge is 2.15. The van der Waals surface area contributed by atoms with E-state index >= 15 is 0 Å². The minimum Gasteiger partial charge on any atom is -0.347 e. The zero-order valence-electron chi connectivity index (χ0n) is 13.8. The number of carbonyl (C=O) groups is 1. The van der Waals surface area contributed by atoms with Crippen molar-refractivity contribution in [2.45, 2.75) is 13.5 Å². The fraction of sp³-hybridized carbons (Fsp3) is 0.100. The molecule has 4 aromatic rings. The summed E-state index contributed by atoms with van der Waals surface area (Å²) in [5.41, 5.74) is 2.77. The van der Waals surface area contributed by atoms with Gasteiger partial charge in [-0.1, -0.05) is 35.4 Å². The predicted octanol–water partition coefficient (Wildman–Crippen LogP) is 5.48. The molecule has 0 aliphatic rings. The average Bonchev–Trinajstić information content (AvgIpc) is 3.08. The molecule has 0 aliphatic carbocycles. The van der Waals surface area contributed by atoms with E-state index in [9.17, 15) is 9.18 Å². The number of fused-ring (bicyclic) bond motifs is 3. The van der Waals surface area contributed by atoms with Gasteiger partial charge < -0.3 is 5.32 Å². The van der Waals surface area contributed by atoms with Crippen molar-refractivity contribution in [2.75, 3.05) is 0 Å². The Labute approximate surface area is 158 Å². The zero-order chi connectivity index (χ0) is 18.3. The zero-order valence-corrected chi connectivity index (χ0v) is 15.4. The number of aromatic nitrogens is 1. The minimum absolute atomic E-state index is 0.188. The minimum atomic E-state index is -0.297. The maximum atomic E-state index is 13.0. The van der Waals surface area contributed by atoms with Gasteiger partial charge in [-0.05, 0) is 42.8 Å². The summed E-state index contributed by atoms with van der Waals surface area (Å²) in [7, 11) is 0. The first-order valence-electron chi connectivity index (χ1n) is 8.03. The molecule has 2 heterocycles. The first kappa shape index (κ1) is 16.9. The number of nitrogens with zero attached hydrogens (tertiary/aromatic N) is 1. The van der Waals surface area contributed by atoms with Crippen LogP contribution in [0.1, 0.15) is 20.8 Å². The van der Waals surface area contributed by atoms with Gasteiger partial charge in [-0.3, -0.25) is 4.79 Å². The number of nitrogens with one attached hydrogen (secondary N) is 1. The number of benzene rings is 2. The molecule has 0 fully saturated rings. The van der Waals surface area contributed by atoms with E-state index in [1.165, 1.54) is 23.5 Å². The van der Waals surface area contributed by atoms with E-state index < -0.39 is 0 Å². The standard InChI is InChI=1S/C20H14ClFN2OS/c1-11-2-7-16-14(8-11)18-15(19(21)24-16)9-17(26-18)20(25)23-10-12-3-5-13(22)6-4-12/h2-9H,10H2,1H3,(H,23,25). The van der Waals surface area contributed by atoms with E-state index in [4.69, 9.17) is 11.6 Å². The van der Waals surface area contributed by atoms with Crippen LogP contribution >= 0.6 is 22.9 Å². The van der Waals surface area contributed by atoms with Gasteiger partial charge in [0.1, 0.15) is 11.0 Å². The van der Waals surface area contributed by atoms with E-state index in [1.54, 1.807) is 18.2 Å². The second kappa shape index (κ2) is 6.67. The maximum Gasteiger partial charge on any atom is 0.261 e. The number of halogens is 2. The summed E-state index contributed by atoms with van der Waals surface area (Å²) in [4.78, 5) is 17.5. The largest absolute Gasteiger partial charge is 0.347 e. The van der Waals surface area contributed by atoms with Crippen molar-refractivity contribution >= 4 is 49.8 Å². The van der Waals surface area contributed by atoms with Crippen LogP contribution in [0.15, 0.2) is 48.5 Å². The van der Waals surface area contributed by atoms with Crippen LogP contribution in [0, 0.1) is 12.7 Å². The molecule has 2 aromatic carbocycles. The lowest BCUT2D eigenvalue weighted by atomic mass is 10.1. The lowest BCUT2D eigenvalue weighted by molar-refractivity contribution is 0.0955. The molecule has 0 radical (unpaired) electrons. The van der Waals surface area contributed by atoms with Crippen LogP contribution in [0.25, 0.3) is 21.0 Å². The van der Waals surface area contributed by atoms with Gasteiger partial charge >= 0.3 is 0 Å². The smallest absolute Gasteiger partial charge is 0.261 e. The molecular formula is C20H14ClFN2OS. The van der Waals surface area contributed by atoms with Gasteiger partial charge in [0.2, 0.25) is 0 Å². The van der Waals surface area contributed by atoms with Crippen molar-refractivity contribution in [1.82, 2.24) is 10.3 Å². The second-order valence-electron chi connectivity index (χ2n) is 6.09. The molecule has 4 rings (SSSR count). The summed E-state index contributed by atoms with van der Waals surface area (Å²) in [5, 5.41) is 5.03. The highest BCUT2D eigenvalue weighted by molar-refractivity contribution is 7.21. The van der Waals surface area contributed by atoms with Crippen LogP contribution in [0.4, 0.5) is 4.39 Å². The number of hydrogen-bond acceptors (Lipinski definition) is 3. The number of carbonyl (C=O) groups excluding carboxylic acids is 1. The summed E-state index contributed by atoms with van der Waals surface area (Å²) in [6.07, 6.45) is 0. The number of hydrogen-bond donors (Lipinski definition) is 1. The summed E-state index contributed by atoms with van der Waals surface area (Å²) >= 11 is 7.71. The van der Waals surface area contributed by atoms with Crippen molar-refractivity contribution in [3.8, 4) is 0 Å². The molecule has 0 saturated heterocycles. The lowest BCUT2D eigenvalue weighted by Gasteiger charge is -2.03. The molecule has 0 saturated carbocycles. The third-order valence-electron chi connectivity index (χ3n) is 4.16. The highest BCUT2D eigenvalue weighted by atomic mass is 35.5. The molecule has 3 nitrogen and oxygen atoms in total. The van der Waals surface area contributed by atoms with Crippen LogP contribution < -0.4 is 5.32 Å². The van der Waals surface area contributed by atoms with Gasteiger partial charge in [-0.2, -0.15) is 0 Å².